The first-order valence-corrected chi connectivity index (χ1v) is 11.2. The van der Waals surface area contributed by atoms with Gasteiger partial charge in [0.2, 0.25) is 0 Å². The number of nitrogens with one attached hydrogen (secondary N) is 1. The molecule has 0 atom stereocenters. The lowest BCUT2D eigenvalue weighted by atomic mass is 9.91. The molecular weight excluding hydrogens is 449 g/mol. The smallest absolute Gasteiger partial charge is 0.307 e. The van der Waals surface area contributed by atoms with Crippen molar-refractivity contribution in [2.45, 2.75) is 64.0 Å². The molecular formula is C21H42Cl3N3O3. The molecule has 2 aliphatic heterocycles. The van der Waals surface area contributed by atoms with Crippen molar-refractivity contribution in [2.24, 2.45) is 5.92 Å². The summed E-state index contributed by atoms with van der Waals surface area (Å²) in [6.45, 7) is 10.9. The van der Waals surface area contributed by atoms with Crippen molar-refractivity contribution in [3.8, 4) is 0 Å². The number of hydrogen-bond donors (Lipinski definition) is 1. The molecule has 1 N–H and O–H groups in total. The van der Waals surface area contributed by atoms with E-state index in [0.717, 1.165) is 64.4 Å². The van der Waals surface area contributed by atoms with Crippen LogP contribution in [0.4, 0.5) is 0 Å². The summed E-state index contributed by atoms with van der Waals surface area (Å²) in [7, 11) is 0. The van der Waals surface area contributed by atoms with E-state index in [0.29, 0.717) is 19.1 Å². The van der Waals surface area contributed by atoms with Gasteiger partial charge in [-0.1, -0.05) is 0 Å². The molecule has 180 valence electrons. The van der Waals surface area contributed by atoms with Crippen LogP contribution in [-0.2, 0) is 14.3 Å². The number of ether oxygens (including phenoxy) is 2. The normalized spacial score (nSPS) is 26.0. The summed E-state index contributed by atoms with van der Waals surface area (Å²) < 4.78 is 11.3. The van der Waals surface area contributed by atoms with Crippen molar-refractivity contribution < 1.29 is 14.3 Å². The van der Waals surface area contributed by atoms with Crippen LogP contribution in [0.25, 0.3) is 0 Å². The van der Waals surface area contributed by atoms with Crippen LogP contribution < -0.4 is 5.32 Å². The number of esters is 1. The summed E-state index contributed by atoms with van der Waals surface area (Å²) in [4.78, 5) is 16.6. The van der Waals surface area contributed by atoms with E-state index in [1.54, 1.807) is 0 Å². The molecule has 0 unspecified atom stereocenters. The highest BCUT2D eigenvalue weighted by Gasteiger charge is 2.29. The van der Waals surface area contributed by atoms with Gasteiger partial charge in [0.05, 0.1) is 19.1 Å². The van der Waals surface area contributed by atoms with Crippen LogP contribution in [0.2, 0.25) is 0 Å². The van der Waals surface area contributed by atoms with Crippen molar-refractivity contribution in [1.29, 1.82) is 0 Å². The number of rotatable bonds is 8. The fourth-order valence-corrected chi connectivity index (χ4v) is 4.73. The van der Waals surface area contributed by atoms with Crippen molar-refractivity contribution in [3.63, 3.8) is 0 Å². The Morgan fingerprint density at radius 3 is 2.17 bits per heavy atom. The molecule has 0 aromatic carbocycles. The summed E-state index contributed by atoms with van der Waals surface area (Å²) in [5.74, 6) is 0.703. The Balaban J connectivity index is 0.00000280. The number of piperidine rings is 1. The third kappa shape index (κ3) is 10.2. The Bertz CT molecular complexity index is 440. The molecule has 3 rings (SSSR count). The highest BCUT2D eigenvalue weighted by Crippen LogP contribution is 2.27. The van der Waals surface area contributed by atoms with E-state index in [2.05, 4.69) is 15.1 Å². The number of carbonyl (C=O) groups is 1. The maximum Gasteiger partial charge on any atom is 0.307 e. The number of halogens is 3. The SMILES string of the molecule is CCOC(=O)CCN1CCN(C2CCC(OCC3CCNCC3)CC2)CC1.Cl.Cl.Cl. The molecule has 2 saturated heterocycles. The third-order valence-electron chi connectivity index (χ3n) is 6.53. The fourth-order valence-electron chi connectivity index (χ4n) is 4.73. The zero-order valence-electron chi connectivity index (χ0n) is 18.4. The zero-order valence-corrected chi connectivity index (χ0v) is 20.8. The molecule has 2 heterocycles. The Kier molecular flexibility index (Phi) is 16.9. The summed E-state index contributed by atoms with van der Waals surface area (Å²) in [5, 5.41) is 3.43. The van der Waals surface area contributed by atoms with Gasteiger partial charge in [0, 0.05) is 45.4 Å². The lowest BCUT2D eigenvalue weighted by molar-refractivity contribution is -0.143. The quantitative estimate of drug-likeness (QED) is 0.528. The topological polar surface area (TPSA) is 54.0 Å². The highest BCUT2D eigenvalue weighted by molar-refractivity contribution is 5.86. The number of nitrogens with zero attached hydrogens (tertiary/aromatic N) is 2. The third-order valence-corrected chi connectivity index (χ3v) is 6.53. The second-order valence-electron chi connectivity index (χ2n) is 8.39. The molecule has 30 heavy (non-hydrogen) atoms. The van der Waals surface area contributed by atoms with E-state index in [-0.39, 0.29) is 43.2 Å². The highest BCUT2D eigenvalue weighted by atomic mass is 35.5. The van der Waals surface area contributed by atoms with Gasteiger partial charge in [0.1, 0.15) is 0 Å². The number of carbonyl (C=O) groups excluding carboxylic acids is 1. The Labute approximate surface area is 201 Å². The van der Waals surface area contributed by atoms with Crippen LogP contribution in [0.3, 0.4) is 0 Å². The fraction of sp³-hybridized carbons (Fsp3) is 0.952. The summed E-state index contributed by atoms with van der Waals surface area (Å²) >= 11 is 0. The van der Waals surface area contributed by atoms with Gasteiger partial charge in [-0.3, -0.25) is 9.69 Å². The molecule has 0 amide bonds. The summed E-state index contributed by atoms with van der Waals surface area (Å²) in [6.07, 6.45) is 8.55. The number of hydrogen-bond acceptors (Lipinski definition) is 6. The minimum absolute atomic E-state index is 0. The molecule has 0 aromatic heterocycles. The molecule has 0 aromatic rings. The van der Waals surface area contributed by atoms with Crippen LogP contribution in [0.5, 0.6) is 0 Å². The average molecular weight is 491 g/mol. The van der Waals surface area contributed by atoms with Crippen molar-refractivity contribution in [2.75, 3.05) is 59.0 Å². The Hall–Kier alpha value is 0.180. The molecule has 0 spiro atoms. The zero-order chi connectivity index (χ0) is 18.9. The van der Waals surface area contributed by atoms with E-state index >= 15 is 0 Å². The molecule has 1 saturated carbocycles. The van der Waals surface area contributed by atoms with Crippen LogP contribution in [-0.4, -0.2) is 86.9 Å². The first-order valence-electron chi connectivity index (χ1n) is 11.2. The van der Waals surface area contributed by atoms with E-state index in [4.69, 9.17) is 9.47 Å². The van der Waals surface area contributed by atoms with E-state index in [1.807, 2.05) is 6.92 Å². The van der Waals surface area contributed by atoms with Crippen LogP contribution in [0.15, 0.2) is 0 Å². The average Bonchev–Trinajstić information content (AvgIpc) is 2.73. The lowest BCUT2D eigenvalue weighted by Crippen LogP contribution is -2.51. The molecule has 1 aliphatic carbocycles. The van der Waals surface area contributed by atoms with E-state index in [1.165, 1.54) is 38.5 Å². The van der Waals surface area contributed by atoms with Gasteiger partial charge in [-0.15, -0.1) is 37.2 Å². The lowest BCUT2D eigenvalue weighted by Gasteiger charge is -2.42. The second-order valence-corrected chi connectivity index (χ2v) is 8.39. The second kappa shape index (κ2) is 16.8. The minimum Gasteiger partial charge on any atom is -0.466 e. The molecule has 9 heteroatoms. The first-order chi connectivity index (χ1) is 13.2. The van der Waals surface area contributed by atoms with Crippen molar-refractivity contribution in [3.05, 3.63) is 0 Å². The predicted molar refractivity (Wildman–Crippen MR) is 129 cm³/mol. The summed E-state index contributed by atoms with van der Waals surface area (Å²) in [6, 6.07) is 0.732. The van der Waals surface area contributed by atoms with Gasteiger partial charge < -0.3 is 19.7 Å². The Morgan fingerprint density at radius 1 is 0.933 bits per heavy atom. The summed E-state index contributed by atoms with van der Waals surface area (Å²) in [5.41, 5.74) is 0. The number of piperazine rings is 1. The van der Waals surface area contributed by atoms with Gasteiger partial charge in [0.15, 0.2) is 0 Å². The molecule has 6 nitrogen and oxygen atoms in total. The standard InChI is InChI=1S/C21H39N3O3.3ClH/c1-2-26-21(25)9-12-23-13-15-24(16-14-23)19-3-5-20(6-4-19)27-17-18-7-10-22-11-8-18;;;/h18-20,22H,2-17H2,1H3;3*1H. The predicted octanol–water partition coefficient (Wildman–Crippen LogP) is 3.15. The van der Waals surface area contributed by atoms with Crippen LogP contribution in [0, 0.1) is 5.92 Å². The van der Waals surface area contributed by atoms with Gasteiger partial charge >= 0.3 is 5.97 Å². The van der Waals surface area contributed by atoms with Crippen molar-refractivity contribution in [1.82, 2.24) is 15.1 Å². The maximum atomic E-state index is 11.5. The van der Waals surface area contributed by atoms with Crippen LogP contribution in [0.1, 0.15) is 51.9 Å². The van der Waals surface area contributed by atoms with Gasteiger partial charge in [0.25, 0.3) is 0 Å². The molecule has 3 fully saturated rings. The monoisotopic (exact) mass is 489 g/mol. The molecule has 0 bridgehead atoms. The van der Waals surface area contributed by atoms with Gasteiger partial charge in [-0.25, -0.2) is 0 Å². The first kappa shape index (κ1) is 30.2. The molecule has 3 aliphatic rings. The Morgan fingerprint density at radius 2 is 1.57 bits per heavy atom. The van der Waals surface area contributed by atoms with Gasteiger partial charge in [-0.2, -0.15) is 0 Å². The van der Waals surface area contributed by atoms with Gasteiger partial charge in [-0.05, 0) is 64.5 Å². The van der Waals surface area contributed by atoms with Crippen LogP contribution >= 0.6 is 37.2 Å². The van der Waals surface area contributed by atoms with E-state index in [9.17, 15) is 4.79 Å². The minimum atomic E-state index is -0.0669. The van der Waals surface area contributed by atoms with Crippen molar-refractivity contribution >= 4 is 43.2 Å². The largest absolute Gasteiger partial charge is 0.466 e. The maximum absolute atomic E-state index is 11.5. The molecule has 0 radical (unpaired) electrons. The van der Waals surface area contributed by atoms with E-state index < -0.39 is 0 Å².